The zero-order valence-electron chi connectivity index (χ0n) is 13.7. The summed E-state index contributed by atoms with van der Waals surface area (Å²) in [5.74, 6) is 0.763. The molecule has 1 aliphatic rings. The first-order valence-corrected chi connectivity index (χ1v) is 8.37. The number of hydrogen-bond acceptors (Lipinski definition) is 2. The maximum Gasteiger partial charge on any atom is 0.123 e. The van der Waals surface area contributed by atoms with E-state index in [0.29, 0.717) is 6.04 Å². The largest absolute Gasteiger partial charge is 0.371 e. The molecule has 1 fully saturated rings. The summed E-state index contributed by atoms with van der Waals surface area (Å²) in [5, 5.41) is 3.31. The van der Waals surface area contributed by atoms with E-state index >= 15 is 0 Å². The van der Waals surface area contributed by atoms with Gasteiger partial charge in [0, 0.05) is 25.3 Å². The zero-order chi connectivity index (χ0) is 15.2. The first-order chi connectivity index (χ1) is 10.2. The Labute approximate surface area is 128 Å². The highest BCUT2D eigenvalue weighted by Crippen LogP contribution is 2.32. The van der Waals surface area contributed by atoms with Crippen LogP contribution < -0.4 is 10.2 Å². The van der Waals surface area contributed by atoms with Gasteiger partial charge in [-0.3, -0.25) is 0 Å². The summed E-state index contributed by atoms with van der Waals surface area (Å²) in [4.78, 5) is 2.37. The van der Waals surface area contributed by atoms with Crippen molar-refractivity contribution in [1.82, 2.24) is 5.32 Å². The molecule has 0 atom stereocenters. The SMILES string of the molecule is CCNCc1cc(F)ccc1N(C)C1CCC(CC)CC1. The zero-order valence-corrected chi connectivity index (χ0v) is 13.7. The van der Waals surface area contributed by atoms with E-state index in [0.717, 1.165) is 24.6 Å². The van der Waals surface area contributed by atoms with Crippen LogP contribution in [0.2, 0.25) is 0 Å². The summed E-state index contributed by atoms with van der Waals surface area (Å²) < 4.78 is 13.5. The van der Waals surface area contributed by atoms with Gasteiger partial charge in [0.1, 0.15) is 5.82 Å². The molecule has 2 rings (SSSR count). The topological polar surface area (TPSA) is 15.3 Å². The molecule has 0 radical (unpaired) electrons. The number of nitrogens with one attached hydrogen (secondary N) is 1. The van der Waals surface area contributed by atoms with Crippen LogP contribution in [0.25, 0.3) is 0 Å². The quantitative estimate of drug-likeness (QED) is 0.839. The van der Waals surface area contributed by atoms with Crippen LogP contribution in [0.1, 0.15) is 51.5 Å². The molecule has 0 saturated heterocycles. The highest BCUT2D eigenvalue weighted by atomic mass is 19.1. The van der Waals surface area contributed by atoms with Crippen LogP contribution in [-0.2, 0) is 6.54 Å². The molecule has 0 aromatic heterocycles. The summed E-state index contributed by atoms with van der Waals surface area (Å²) >= 11 is 0. The second kappa shape index (κ2) is 7.79. The Hall–Kier alpha value is -1.09. The van der Waals surface area contributed by atoms with E-state index in [1.165, 1.54) is 37.8 Å². The third-order valence-electron chi connectivity index (χ3n) is 4.93. The standard InChI is InChI=1S/C18H29FN2/c1-4-14-6-9-17(10-7-14)21(3)18-11-8-16(19)12-15(18)13-20-5-2/h8,11-12,14,17,20H,4-7,9-10,13H2,1-3H3. The minimum absolute atomic E-state index is 0.144. The normalized spacial score (nSPS) is 22.3. The number of nitrogens with zero attached hydrogens (tertiary/aromatic N) is 1. The summed E-state index contributed by atoms with van der Waals surface area (Å²) in [7, 11) is 2.17. The van der Waals surface area contributed by atoms with Crippen molar-refractivity contribution in [3.63, 3.8) is 0 Å². The highest BCUT2D eigenvalue weighted by molar-refractivity contribution is 5.54. The van der Waals surface area contributed by atoms with E-state index in [1.807, 2.05) is 6.07 Å². The summed E-state index contributed by atoms with van der Waals surface area (Å²) in [6.45, 7) is 6.01. The van der Waals surface area contributed by atoms with Crippen LogP contribution in [0.5, 0.6) is 0 Å². The van der Waals surface area contributed by atoms with Crippen molar-refractivity contribution in [1.29, 1.82) is 0 Å². The molecule has 1 N–H and O–H groups in total. The van der Waals surface area contributed by atoms with E-state index < -0.39 is 0 Å². The number of halogens is 1. The van der Waals surface area contributed by atoms with Crippen molar-refractivity contribution >= 4 is 5.69 Å². The predicted molar refractivity (Wildman–Crippen MR) is 88.2 cm³/mol. The lowest BCUT2D eigenvalue weighted by Crippen LogP contribution is -2.36. The smallest absolute Gasteiger partial charge is 0.123 e. The summed E-state index contributed by atoms with van der Waals surface area (Å²) in [6.07, 6.45) is 6.48. The van der Waals surface area contributed by atoms with Crippen molar-refractivity contribution in [2.24, 2.45) is 5.92 Å². The fourth-order valence-corrected chi connectivity index (χ4v) is 3.44. The Balaban J connectivity index is 2.09. The Kier molecular flexibility index (Phi) is 6.04. The molecule has 21 heavy (non-hydrogen) atoms. The van der Waals surface area contributed by atoms with E-state index in [4.69, 9.17) is 0 Å². The Morgan fingerprint density at radius 3 is 2.52 bits per heavy atom. The van der Waals surface area contributed by atoms with Gasteiger partial charge in [-0.25, -0.2) is 4.39 Å². The van der Waals surface area contributed by atoms with Gasteiger partial charge in [0.2, 0.25) is 0 Å². The predicted octanol–water partition coefficient (Wildman–Crippen LogP) is 4.34. The molecule has 0 spiro atoms. The minimum atomic E-state index is -0.144. The van der Waals surface area contributed by atoms with E-state index in [1.54, 1.807) is 12.1 Å². The van der Waals surface area contributed by atoms with Crippen LogP contribution in [-0.4, -0.2) is 19.6 Å². The molecule has 0 aliphatic heterocycles. The average Bonchev–Trinajstić information content (AvgIpc) is 2.52. The van der Waals surface area contributed by atoms with Crippen LogP contribution >= 0.6 is 0 Å². The van der Waals surface area contributed by atoms with Crippen molar-refractivity contribution in [3.05, 3.63) is 29.6 Å². The molecule has 2 nitrogen and oxygen atoms in total. The van der Waals surface area contributed by atoms with Gasteiger partial charge in [-0.1, -0.05) is 20.3 Å². The van der Waals surface area contributed by atoms with Gasteiger partial charge in [0.05, 0.1) is 0 Å². The molecule has 118 valence electrons. The molecule has 1 aliphatic carbocycles. The second-order valence-electron chi connectivity index (χ2n) is 6.25. The van der Waals surface area contributed by atoms with Gasteiger partial charge >= 0.3 is 0 Å². The molecule has 0 amide bonds. The summed E-state index contributed by atoms with van der Waals surface area (Å²) in [5.41, 5.74) is 2.24. The second-order valence-corrected chi connectivity index (χ2v) is 6.25. The average molecular weight is 292 g/mol. The first-order valence-electron chi connectivity index (χ1n) is 8.37. The fourth-order valence-electron chi connectivity index (χ4n) is 3.44. The number of hydrogen-bond donors (Lipinski definition) is 1. The van der Waals surface area contributed by atoms with Gasteiger partial charge in [-0.2, -0.15) is 0 Å². The molecule has 1 aromatic carbocycles. The van der Waals surface area contributed by atoms with E-state index in [-0.39, 0.29) is 5.82 Å². The third kappa shape index (κ3) is 4.19. The fraction of sp³-hybridized carbons (Fsp3) is 0.667. The maximum atomic E-state index is 13.5. The molecular formula is C18H29FN2. The Morgan fingerprint density at radius 1 is 1.19 bits per heavy atom. The monoisotopic (exact) mass is 292 g/mol. The Morgan fingerprint density at radius 2 is 1.90 bits per heavy atom. The lowest BCUT2D eigenvalue weighted by atomic mass is 9.84. The van der Waals surface area contributed by atoms with Crippen LogP contribution in [0, 0.1) is 11.7 Å². The van der Waals surface area contributed by atoms with E-state index in [2.05, 4.69) is 31.1 Å². The summed E-state index contributed by atoms with van der Waals surface area (Å²) in [6, 6.07) is 5.79. The lowest BCUT2D eigenvalue weighted by molar-refractivity contribution is 0.313. The van der Waals surface area contributed by atoms with Gasteiger partial charge in [-0.15, -0.1) is 0 Å². The number of rotatable bonds is 6. The van der Waals surface area contributed by atoms with Gasteiger partial charge in [0.15, 0.2) is 0 Å². The first kappa shape index (κ1) is 16.3. The van der Waals surface area contributed by atoms with Crippen LogP contribution in [0.3, 0.4) is 0 Å². The van der Waals surface area contributed by atoms with E-state index in [9.17, 15) is 4.39 Å². The van der Waals surface area contributed by atoms with Crippen LogP contribution in [0.4, 0.5) is 10.1 Å². The molecule has 0 heterocycles. The molecule has 1 saturated carbocycles. The molecule has 0 bridgehead atoms. The van der Waals surface area contributed by atoms with Crippen molar-refractivity contribution < 1.29 is 4.39 Å². The van der Waals surface area contributed by atoms with Gasteiger partial charge in [0.25, 0.3) is 0 Å². The highest BCUT2D eigenvalue weighted by Gasteiger charge is 2.24. The van der Waals surface area contributed by atoms with Gasteiger partial charge < -0.3 is 10.2 Å². The molecule has 3 heteroatoms. The lowest BCUT2D eigenvalue weighted by Gasteiger charge is -2.36. The maximum absolute atomic E-state index is 13.5. The number of benzene rings is 1. The molecular weight excluding hydrogens is 263 g/mol. The Bertz CT molecular complexity index is 439. The van der Waals surface area contributed by atoms with Crippen molar-refractivity contribution in [2.75, 3.05) is 18.5 Å². The van der Waals surface area contributed by atoms with Crippen LogP contribution in [0.15, 0.2) is 18.2 Å². The minimum Gasteiger partial charge on any atom is -0.371 e. The third-order valence-corrected chi connectivity index (χ3v) is 4.93. The van der Waals surface area contributed by atoms with Crippen molar-refractivity contribution in [3.8, 4) is 0 Å². The molecule has 1 aromatic rings. The van der Waals surface area contributed by atoms with Crippen molar-refractivity contribution in [2.45, 2.75) is 58.5 Å². The number of anilines is 1. The molecule has 0 unspecified atom stereocenters. The van der Waals surface area contributed by atoms with Gasteiger partial charge in [-0.05, 0) is 61.9 Å².